The van der Waals surface area contributed by atoms with Gasteiger partial charge in [-0.25, -0.2) is 0 Å². The van der Waals surface area contributed by atoms with E-state index in [4.69, 9.17) is 25.9 Å². The third kappa shape index (κ3) is 3.90. The molecule has 0 saturated carbocycles. The monoisotopic (exact) mass is 391 g/mol. The number of hydrogen-bond donors (Lipinski definition) is 2. The third-order valence-corrected chi connectivity index (χ3v) is 4.44. The maximum atomic E-state index is 12.9. The van der Waals surface area contributed by atoms with Gasteiger partial charge in [0.1, 0.15) is 0 Å². The molecule has 8 heteroatoms. The summed E-state index contributed by atoms with van der Waals surface area (Å²) in [7, 11) is 0. The van der Waals surface area contributed by atoms with Crippen LogP contribution in [-0.4, -0.2) is 53.2 Å². The summed E-state index contributed by atoms with van der Waals surface area (Å²) in [6.07, 6.45) is 1.35. The van der Waals surface area contributed by atoms with Crippen LogP contribution in [0.3, 0.4) is 0 Å². The fourth-order valence-electron chi connectivity index (χ4n) is 2.98. The number of ketones is 1. The molecule has 0 aliphatic carbocycles. The molecule has 0 radical (unpaired) electrons. The molecule has 1 aromatic carbocycles. The summed E-state index contributed by atoms with van der Waals surface area (Å²) >= 11 is 5.94. The summed E-state index contributed by atoms with van der Waals surface area (Å²) in [5, 5.41) is 19.7. The average molecular weight is 392 g/mol. The molecule has 2 aromatic rings. The summed E-state index contributed by atoms with van der Waals surface area (Å²) < 4.78 is 10.4. The van der Waals surface area contributed by atoms with Crippen LogP contribution in [0, 0.1) is 0 Å². The van der Waals surface area contributed by atoms with Crippen molar-refractivity contribution in [2.75, 3.05) is 26.4 Å². The van der Waals surface area contributed by atoms with Gasteiger partial charge in [0.15, 0.2) is 11.5 Å². The number of nitrogens with zero attached hydrogens (tertiary/aromatic N) is 1. The number of hydrogen-bond acceptors (Lipinski definition) is 6. The molecule has 1 amide bonds. The van der Waals surface area contributed by atoms with Crippen LogP contribution < -0.4 is 0 Å². The number of aliphatic hydroxyl groups is 2. The van der Waals surface area contributed by atoms with Crippen LogP contribution in [0.15, 0.2) is 58.4 Å². The number of halogens is 1. The molecule has 0 fully saturated rings. The van der Waals surface area contributed by atoms with Crippen molar-refractivity contribution >= 4 is 23.3 Å². The standard InChI is InChI=1S/C19H18ClNO6/c20-13-5-3-12(4-6-13)16-15(17(23)14-2-1-9-27-14)18(24)19(25)21(16)7-10-26-11-8-22/h1-6,9,16,22,24H,7-8,10-11H2. The molecule has 3 rings (SSSR count). The lowest BCUT2D eigenvalue weighted by atomic mass is 9.95. The van der Waals surface area contributed by atoms with Crippen LogP contribution in [0.4, 0.5) is 0 Å². The number of benzene rings is 1. The Morgan fingerprint density at radius 2 is 1.96 bits per heavy atom. The lowest BCUT2D eigenvalue weighted by Crippen LogP contribution is -2.34. The van der Waals surface area contributed by atoms with E-state index in [1.807, 2.05) is 0 Å². The van der Waals surface area contributed by atoms with Gasteiger partial charge in [-0.05, 0) is 29.8 Å². The Balaban J connectivity index is 1.96. The quantitative estimate of drug-likeness (QED) is 0.529. The zero-order chi connectivity index (χ0) is 19.4. The van der Waals surface area contributed by atoms with E-state index in [1.54, 1.807) is 30.3 Å². The zero-order valence-corrected chi connectivity index (χ0v) is 15.1. The lowest BCUT2D eigenvalue weighted by molar-refractivity contribution is -0.130. The van der Waals surface area contributed by atoms with E-state index >= 15 is 0 Å². The van der Waals surface area contributed by atoms with Gasteiger partial charge in [-0.15, -0.1) is 0 Å². The number of amides is 1. The van der Waals surface area contributed by atoms with Gasteiger partial charge in [0.2, 0.25) is 5.78 Å². The molecule has 1 atom stereocenters. The highest BCUT2D eigenvalue weighted by Gasteiger charge is 2.44. The van der Waals surface area contributed by atoms with E-state index in [2.05, 4.69) is 0 Å². The van der Waals surface area contributed by atoms with Crippen molar-refractivity contribution in [3.8, 4) is 0 Å². The minimum absolute atomic E-state index is 0.0293. The van der Waals surface area contributed by atoms with Crippen LogP contribution in [0.1, 0.15) is 22.2 Å². The molecular formula is C19H18ClNO6. The Hall–Kier alpha value is -2.61. The lowest BCUT2D eigenvalue weighted by Gasteiger charge is -2.26. The minimum atomic E-state index is -0.801. The topological polar surface area (TPSA) is 100 Å². The second-order valence-corrected chi connectivity index (χ2v) is 6.29. The van der Waals surface area contributed by atoms with Crippen molar-refractivity contribution in [2.45, 2.75) is 6.04 Å². The third-order valence-electron chi connectivity index (χ3n) is 4.19. The Labute approximate surface area is 160 Å². The van der Waals surface area contributed by atoms with Crippen molar-refractivity contribution in [3.05, 3.63) is 70.3 Å². The molecule has 1 unspecified atom stereocenters. The predicted molar refractivity (Wildman–Crippen MR) is 96.5 cm³/mol. The average Bonchev–Trinajstić information content (AvgIpc) is 3.28. The van der Waals surface area contributed by atoms with Gasteiger partial charge >= 0.3 is 0 Å². The zero-order valence-electron chi connectivity index (χ0n) is 14.3. The first kappa shape index (κ1) is 19.2. The van der Waals surface area contributed by atoms with E-state index in [-0.39, 0.29) is 37.7 Å². The van der Waals surface area contributed by atoms with Gasteiger partial charge in [0.25, 0.3) is 5.91 Å². The molecule has 2 heterocycles. The van der Waals surface area contributed by atoms with Gasteiger partial charge in [-0.1, -0.05) is 23.7 Å². The SMILES string of the molecule is O=C(C1=C(O)C(=O)N(CCOCCO)C1c1ccc(Cl)cc1)c1ccco1. The summed E-state index contributed by atoms with van der Waals surface area (Å²) in [5.41, 5.74) is 0.563. The maximum absolute atomic E-state index is 12.9. The number of Topliss-reactive ketones (excluding diaryl/α,β-unsaturated/α-hetero) is 1. The summed E-state index contributed by atoms with van der Waals surface area (Å²) in [4.78, 5) is 26.8. The Morgan fingerprint density at radius 1 is 1.22 bits per heavy atom. The molecule has 0 saturated heterocycles. The van der Waals surface area contributed by atoms with Crippen molar-refractivity contribution in [2.24, 2.45) is 0 Å². The number of carbonyl (C=O) groups is 2. The Kier molecular flexibility index (Phi) is 5.95. The minimum Gasteiger partial charge on any atom is -0.503 e. The Morgan fingerprint density at radius 3 is 2.59 bits per heavy atom. The van der Waals surface area contributed by atoms with E-state index < -0.39 is 23.5 Å². The van der Waals surface area contributed by atoms with Crippen LogP contribution in [-0.2, 0) is 9.53 Å². The van der Waals surface area contributed by atoms with Gasteiger partial charge in [-0.2, -0.15) is 0 Å². The van der Waals surface area contributed by atoms with Gasteiger partial charge in [-0.3, -0.25) is 9.59 Å². The predicted octanol–water partition coefficient (Wildman–Crippen LogP) is 2.52. The molecular weight excluding hydrogens is 374 g/mol. The van der Waals surface area contributed by atoms with E-state index in [9.17, 15) is 14.7 Å². The molecule has 0 spiro atoms. The highest BCUT2D eigenvalue weighted by atomic mass is 35.5. The normalized spacial score (nSPS) is 17.0. The van der Waals surface area contributed by atoms with E-state index in [0.29, 0.717) is 10.6 Å². The molecule has 142 valence electrons. The molecule has 27 heavy (non-hydrogen) atoms. The first-order valence-corrected chi connectivity index (χ1v) is 8.68. The fraction of sp³-hybridized carbons (Fsp3) is 0.263. The summed E-state index contributed by atoms with van der Waals surface area (Å²) in [5.74, 6) is -1.82. The summed E-state index contributed by atoms with van der Waals surface area (Å²) in [6, 6.07) is 8.90. The van der Waals surface area contributed by atoms with Crippen molar-refractivity contribution in [3.63, 3.8) is 0 Å². The smallest absolute Gasteiger partial charge is 0.290 e. The number of furan rings is 1. The molecule has 7 nitrogen and oxygen atoms in total. The van der Waals surface area contributed by atoms with Crippen molar-refractivity contribution in [1.29, 1.82) is 0 Å². The van der Waals surface area contributed by atoms with E-state index in [1.165, 1.54) is 17.2 Å². The second kappa shape index (κ2) is 8.39. The molecule has 1 aliphatic rings. The van der Waals surface area contributed by atoms with Crippen molar-refractivity contribution < 1.29 is 29.0 Å². The van der Waals surface area contributed by atoms with Crippen LogP contribution >= 0.6 is 11.6 Å². The fourth-order valence-corrected chi connectivity index (χ4v) is 3.10. The van der Waals surface area contributed by atoms with Gasteiger partial charge < -0.3 is 24.3 Å². The molecule has 1 aromatic heterocycles. The van der Waals surface area contributed by atoms with Gasteiger partial charge in [0.05, 0.1) is 37.7 Å². The number of aliphatic hydroxyl groups excluding tert-OH is 2. The molecule has 0 bridgehead atoms. The molecule has 2 N–H and O–H groups in total. The number of carbonyl (C=O) groups excluding carboxylic acids is 2. The number of rotatable bonds is 8. The first-order valence-electron chi connectivity index (χ1n) is 8.31. The molecule has 1 aliphatic heterocycles. The highest BCUT2D eigenvalue weighted by molar-refractivity contribution is 6.30. The number of ether oxygens (including phenoxy) is 1. The largest absolute Gasteiger partial charge is 0.503 e. The maximum Gasteiger partial charge on any atom is 0.290 e. The van der Waals surface area contributed by atoms with Crippen LogP contribution in [0.25, 0.3) is 0 Å². The highest BCUT2D eigenvalue weighted by Crippen LogP contribution is 2.39. The van der Waals surface area contributed by atoms with Crippen molar-refractivity contribution in [1.82, 2.24) is 4.90 Å². The Bertz CT molecular complexity index is 844. The summed E-state index contributed by atoms with van der Waals surface area (Å²) in [6.45, 7) is 0.266. The van der Waals surface area contributed by atoms with Crippen LogP contribution in [0.5, 0.6) is 0 Å². The second-order valence-electron chi connectivity index (χ2n) is 5.86. The van der Waals surface area contributed by atoms with Crippen LogP contribution in [0.2, 0.25) is 5.02 Å². The first-order chi connectivity index (χ1) is 13.0. The van der Waals surface area contributed by atoms with Gasteiger partial charge in [0, 0.05) is 11.6 Å². The van der Waals surface area contributed by atoms with E-state index in [0.717, 1.165) is 0 Å².